The smallest absolute Gasteiger partial charge is 0.195 e. The highest BCUT2D eigenvalue weighted by atomic mass is 19.2. The van der Waals surface area contributed by atoms with E-state index in [2.05, 4.69) is 5.32 Å². The highest BCUT2D eigenvalue weighted by Gasteiger charge is 2.18. The predicted octanol–water partition coefficient (Wildman–Crippen LogP) is 3.47. The van der Waals surface area contributed by atoms with Crippen molar-refractivity contribution in [2.75, 3.05) is 6.54 Å². The molecule has 0 aliphatic rings. The summed E-state index contributed by atoms with van der Waals surface area (Å²) in [5.41, 5.74) is 0.419. The Balaban J connectivity index is 2.43. The van der Waals surface area contributed by atoms with Crippen LogP contribution in [0.3, 0.4) is 0 Å². The van der Waals surface area contributed by atoms with Crippen molar-refractivity contribution in [2.24, 2.45) is 0 Å². The van der Waals surface area contributed by atoms with E-state index in [1.54, 1.807) is 0 Å². The highest BCUT2D eigenvalue weighted by molar-refractivity contribution is 5.66. The Kier molecular flexibility index (Phi) is 3.72. The molecule has 1 N–H and O–H groups in total. The summed E-state index contributed by atoms with van der Waals surface area (Å²) in [6.07, 6.45) is 1.39. The Hall–Kier alpha value is -1.75. The summed E-state index contributed by atoms with van der Waals surface area (Å²) in [6.45, 7) is 3.04. The first-order chi connectivity index (χ1) is 8.65. The standard InChI is InChI=1S/C13H12F3NO/c1-2-17-7-11-8(5-6-18-11)9-3-4-10(14)13(16)12(9)15/h3-6,17H,2,7H2,1H3. The van der Waals surface area contributed by atoms with Crippen LogP contribution in [0.5, 0.6) is 0 Å². The van der Waals surface area contributed by atoms with Crippen LogP contribution < -0.4 is 5.32 Å². The number of benzene rings is 1. The molecule has 0 amide bonds. The van der Waals surface area contributed by atoms with Crippen LogP contribution in [-0.4, -0.2) is 6.54 Å². The van der Waals surface area contributed by atoms with Gasteiger partial charge >= 0.3 is 0 Å². The lowest BCUT2D eigenvalue weighted by molar-refractivity contribution is 0.448. The lowest BCUT2D eigenvalue weighted by atomic mass is 10.1. The molecule has 2 nitrogen and oxygen atoms in total. The molecule has 5 heteroatoms. The van der Waals surface area contributed by atoms with Crippen molar-refractivity contribution in [2.45, 2.75) is 13.5 Å². The van der Waals surface area contributed by atoms with Crippen molar-refractivity contribution in [1.29, 1.82) is 0 Å². The number of furan rings is 1. The van der Waals surface area contributed by atoms with Gasteiger partial charge in [-0.05, 0) is 24.7 Å². The van der Waals surface area contributed by atoms with Gasteiger partial charge in [0.2, 0.25) is 0 Å². The molecular weight excluding hydrogens is 243 g/mol. The van der Waals surface area contributed by atoms with Gasteiger partial charge in [0.05, 0.1) is 12.8 Å². The maximum absolute atomic E-state index is 13.7. The second-order valence-corrected chi connectivity index (χ2v) is 3.76. The number of rotatable bonds is 4. The van der Waals surface area contributed by atoms with Crippen molar-refractivity contribution >= 4 is 0 Å². The molecule has 0 spiro atoms. The molecule has 1 heterocycles. The third-order valence-electron chi connectivity index (χ3n) is 2.61. The van der Waals surface area contributed by atoms with Gasteiger partial charge in [-0.2, -0.15) is 0 Å². The first kappa shape index (κ1) is 12.7. The first-order valence-corrected chi connectivity index (χ1v) is 5.56. The van der Waals surface area contributed by atoms with Crippen LogP contribution in [0.4, 0.5) is 13.2 Å². The van der Waals surface area contributed by atoms with Crippen molar-refractivity contribution in [3.8, 4) is 11.1 Å². The summed E-state index contributed by atoms with van der Waals surface area (Å²) in [4.78, 5) is 0. The summed E-state index contributed by atoms with van der Waals surface area (Å²) in [6, 6.07) is 3.63. The first-order valence-electron chi connectivity index (χ1n) is 5.56. The van der Waals surface area contributed by atoms with Gasteiger partial charge in [0.25, 0.3) is 0 Å². The van der Waals surface area contributed by atoms with Gasteiger partial charge in [-0.3, -0.25) is 0 Å². The summed E-state index contributed by atoms with van der Waals surface area (Å²) in [5.74, 6) is -3.38. The van der Waals surface area contributed by atoms with Crippen LogP contribution >= 0.6 is 0 Å². The number of halogens is 3. The fourth-order valence-corrected chi connectivity index (χ4v) is 1.69. The van der Waals surface area contributed by atoms with Gasteiger partial charge in [-0.1, -0.05) is 6.92 Å². The SMILES string of the molecule is CCNCc1occc1-c1ccc(F)c(F)c1F. The molecule has 0 saturated carbocycles. The molecule has 0 saturated heterocycles. The average Bonchev–Trinajstić information content (AvgIpc) is 2.82. The predicted molar refractivity (Wildman–Crippen MR) is 61.4 cm³/mol. The summed E-state index contributed by atoms with van der Waals surface area (Å²) >= 11 is 0. The van der Waals surface area contributed by atoms with Crippen molar-refractivity contribution in [1.82, 2.24) is 5.32 Å². The van der Waals surface area contributed by atoms with Crippen molar-refractivity contribution < 1.29 is 17.6 Å². The fourth-order valence-electron chi connectivity index (χ4n) is 1.69. The zero-order valence-corrected chi connectivity index (χ0v) is 9.77. The van der Waals surface area contributed by atoms with E-state index in [0.29, 0.717) is 17.9 Å². The van der Waals surface area contributed by atoms with E-state index in [4.69, 9.17) is 4.42 Å². The Morgan fingerprint density at radius 3 is 2.56 bits per heavy atom. The minimum Gasteiger partial charge on any atom is -0.467 e. The Bertz CT molecular complexity index is 551. The van der Waals surface area contributed by atoms with Crippen LogP contribution in [0.1, 0.15) is 12.7 Å². The van der Waals surface area contributed by atoms with Gasteiger partial charge in [-0.25, -0.2) is 13.2 Å². The topological polar surface area (TPSA) is 25.2 Å². The van der Waals surface area contributed by atoms with E-state index in [1.165, 1.54) is 18.4 Å². The normalized spacial score (nSPS) is 10.9. The number of hydrogen-bond acceptors (Lipinski definition) is 2. The van der Waals surface area contributed by atoms with Gasteiger partial charge in [0.15, 0.2) is 17.5 Å². The van der Waals surface area contributed by atoms with E-state index in [9.17, 15) is 13.2 Å². The van der Waals surface area contributed by atoms with Gasteiger partial charge < -0.3 is 9.73 Å². The molecule has 0 aliphatic carbocycles. The minimum atomic E-state index is -1.47. The maximum atomic E-state index is 13.7. The summed E-state index contributed by atoms with van der Waals surface area (Å²) in [7, 11) is 0. The van der Waals surface area contributed by atoms with Crippen molar-refractivity contribution in [3.63, 3.8) is 0 Å². The molecule has 96 valence electrons. The van der Waals surface area contributed by atoms with Crippen LogP contribution in [0, 0.1) is 17.5 Å². The van der Waals surface area contributed by atoms with E-state index >= 15 is 0 Å². The lowest BCUT2D eigenvalue weighted by Gasteiger charge is -2.06. The fraction of sp³-hybridized carbons (Fsp3) is 0.231. The van der Waals surface area contributed by atoms with Crippen LogP contribution in [0.15, 0.2) is 28.9 Å². The molecule has 0 unspecified atom stereocenters. The van der Waals surface area contributed by atoms with Crippen molar-refractivity contribution in [3.05, 3.63) is 47.7 Å². The van der Waals surface area contributed by atoms with Crippen LogP contribution in [0.25, 0.3) is 11.1 Å². The Morgan fingerprint density at radius 2 is 1.83 bits per heavy atom. The van der Waals surface area contributed by atoms with Gasteiger partial charge in [0, 0.05) is 11.1 Å². The van der Waals surface area contributed by atoms with E-state index < -0.39 is 17.5 Å². The quantitative estimate of drug-likeness (QED) is 0.846. The summed E-state index contributed by atoms with van der Waals surface area (Å²) < 4.78 is 44.9. The van der Waals surface area contributed by atoms with E-state index in [-0.39, 0.29) is 5.56 Å². The molecule has 0 atom stereocenters. The molecule has 0 fully saturated rings. The Labute approximate surface area is 102 Å². The minimum absolute atomic E-state index is 0.00412. The zero-order valence-electron chi connectivity index (χ0n) is 9.77. The van der Waals surface area contributed by atoms with Gasteiger partial charge in [0.1, 0.15) is 5.76 Å². The largest absolute Gasteiger partial charge is 0.467 e. The molecule has 18 heavy (non-hydrogen) atoms. The number of nitrogens with one attached hydrogen (secondary N) is 1. The molecule has 1 aromatic carbocycles. The molecule has 2 rings (SSSR count). The summed E-state index contributed by atoms with van der Waals surface area (Å²) in [5, 5.41) is 3.02. The molecule has 0 bridgehead atoms. The molecule has 0 radical (unpaired) electrons. The monoisotopic (exact) mass is 255 g/mol. The highest BCUT2D eigenvalue weighted by Crippen LogP contribution is 2.29. The third-order valence-corrected chi connectivity index (χ3v) is 2.61. The average molecular weight is 255 g/mol. The zero-order chi connectivity index (χ0) is 13.1. The van der Waals surface area contributed by atoms with Crippen LogP contribution in [0.2, 0.25) is 0 Å². The van der Waals surface area contributed by atoms with E-state index in [1.807, 2.05) is 6.92 Å². The molecule has 0 aliphatic heterocycles. The lowest BCUT2D eigenvalue weighted by Crippen LogP contribution is -2.11. The maximum Gasteiger partial charge on any atom is 0.195 e. The molecule has 1 aromatic heterocycles. The van der Waals surface area contributed by atoms with E-state index in [0.717, 1.165) is 12.6 Å². The Morgan fingerprint density at radius 1 is 1.06 bits per heavy atom. The van der Waals surface area contributed by atoms with Crippen LogP contribution in [-0.2, 0) is 6.54 Å². The number of hydrogen-bond donors (Lipinski definition) is 1. The second kappa shape index (κ2) is 5.27. The molecule has 2 aromatic rings. The molecular formula is C13H12F3NO. The van der Waals surface area contributed by atoms with Gasteiger partial charge in [-0.15, -0.1) is 0 Å². The third kappa shape index (κ3) is 2.26. The second-order valence-electron chi connectivity index (χ2n) is 3.76.